The van der Waals surface area contributed by atoms with Crippen LogP contribution in [0.15, 0.2) is 30.3 Å². The van der Waals surface area contributed by atoms with E-state index >= 15 is 0 Å². The molecule has 4 heteroatoms. The summed E-state index contributed by atoms with van der Waals surface area (Å²) in [5.41, 5.74) is 0. The number of carbonyl (C=O) groups is 1. The highest BCUT2D eigenvalue weighted by Gasteiger charge is 2.30. The molecule has 1 saturated heterocycles. The van der Waals surface area contributed by atoms with E-state index in [1.165, 1.54) is 0 Å². The monoisotopic (exact) mass is 221 g/mol. The van der Waals surface area contributed by atoms with Gasteiger partial charge in [-0.1, -0.05) is 18.2 Å². The summed E-state index contributed by atoms with van der Waals surface area (Å²) < 4.78 is 0. The fourth-order valence-corrected chi connectivity index (χ4v) is 1.88. The van der Waals surface area contributed by atoms with Crippen molar-refractivity contribution in [2.24, 2.45) is 0 Å². The number of carboxylic acids is 1. The Morgan fingerprint density at radius 1 is 1.31 bits per heavy atom. The molecule has 1 aromatic rings. The van der Waals surface area contributed by atoms with E-state index in [-0.39, 0.29) is 0 Å². The molecule has 2 rings (SSSR count). The normalized spacial score (nSPS) is 21.6. The zero-order valence-electron chi connectivity index (χ0n) is 9.00. The van der Waals surface area contributed by atoms with Crippen LogP contribution in [0.4, 0.5) is 0 Å². The average molecular weight is 221 g/mol. The summed E-state index contributed by atoms with van der Waals surface area (Å²) in [6.07, 6.45) is 2.59. The SMILES string of the molecule is O=C(O)[C@@H]1CCCCN1Oc1ccccc1. The van der Waals surface area contributed by atoms with Gasteiger partial charge in [-0.3, -0.25) is 4.79 Å². The topological polar surface area (TPSA) is 49.8 Å². The predicted molar refractivity (Wildman–Crippen MR) is 59.1 cm³/mol. The molecule has 0 radical (unpaired) electrons. The number of hydrogen-bond donors (Lipinski definition) is 1. The molecule has 1 N–H and O–H groups in total. The fourth-order valence-electron chi connectivity index (χ4n) is 1.88. The van der Waals surface area contributed by atoms with Crippen LogP contribution >= 0.6 is 0 Å². The zero-order chi connectivity index (χ0) is 11.4. The summed E-state index contributed by atoms with van der Waals surface area (Å²) in [6, 6.07) is 8.78. The Bertz CT molecular complexity index is 353. The van der Waals surface area contributed by atoms with Crippen molar-refractivity contribution in [3.63, 3.8) is 0 Å². The summed E-state index contributed by atoms with van der Waals surface area (Å²) in [4.78, 5) is 16.6. The van der Waals surface area contributed by atoms with Gasteiger partial charge in [-0.05, 0) is 31.4 Å². The molecular weight excluding hydrogens is 206 g/mol. The molecule has 4 nitrogen and oxygen atoms in total. The molecule has 86 valence electrons. The summed E-state index contributed by atoms with van der Waals surface area (Å²) in [7, 11) is 0. The number of hydrogen-bond acceptors (Lipinski definition) is 3. The van der Waals surface area contributed by atoms with E-state index in [2.05, 4.69) is 0 Å². The Morgan fingerprint density at radius 2 is 2.06 bits per heavy atom. The smallest absolute Gasteiger partial charge is 0.324 e. The third-order valence-electron chi connectivity index (χ3n) is 2.70. The van der Waals surface area contributed by atoms with E-state index in [0.29, 0.717) is 18.7 Å². The Hall–Kier alpha value is -1.55. The van der Waals surface area contributed by atoms with Gasteiger partial charge in [0.25, 0.3) is 0 Å². The number of rotatable bonds is 3. The van der Waals surface area contributed by atoms with Gasteiger partial charge in [-0.25, -0.2) is 0 Å². The highest BCUT2D eigenvalue weighted by atomic mass is 16.7. The standard InChI is InChI=1S/C12H15NO3/c14-12(15)11-8-4-5-9-13(11)16-10-6-2-1-3-7-10/h1-3,6-7,11H,4-5,8-9H2,(H,14,15)/t11-/m0/s1. The van der Waals surface area contributed by atoms with Gasteiger partial charge >= 0.3 is 5.97 Å². The average Bonchev–Trinajstić information content (AvgIpc) is 2.31. The van der Waals surface area contributed by atoms with Crippen molar-refractivity contribution in [2.45, 2.75) is 25.3 Å². The molecular formula is C12H15NO3. The molecule has 1 aliphatic rings. The summed E-state index contributed by atoms with van der Waals surface area (Å²) >= 11 is 0. The fraction of sp³-hybridized carbons (Fsp3) is 0.417. The van der Waals surface area contributed by atoms with Gasteiger partial charge in [0.15, 0.2) is 0 Å². The second-order valence-electron chi connectivity index (χ2n) is 3.89. The Labute approximate surface area is 94.4 Å². The number of carboxylic acid groups (broad SMARTS) is 1. The minimum absolute atomic E-state index is 0.519. The van der Waals surface area contributed by atoms with E-state index in [1.807, 2.05) is 30.3 Å². The van der Waals surface area contributed by atoms with Crippen molar-refractivity contribution in [3.8, 4) is 5.75 Å². The van der Waals surface area contributed by atoms with Crippen LogP contribution in [0.25, 0.3) is 0 Å². The first-order chi connectivity index (χ1) is 7.77. The highest BCUT2D eigenvalue weighted by Crippen LogP contribution is 2.20. The van der Waals surface area contributed by atoms with Gasteiger partial charge in [0.05, 0.1) is 0 Å². The number of aliphatic carboxylic acids is 1. The number of para-hydroxylation sites is 1. The van der Waals surface area contributed by atoms with Crippen molar-refractivity contribution in [3.05, 3.63) is 30.3 Å². The molecule has 0 spiro atoms. The first kappa shape index (κ1) is 11.0. The minimum atomic E-state index is -0.810. The van der Waals surface area contributed by atoms with Gasteiger partial charge in [-0.2, -0.15) is 0 Å². The highest BCUT2D eigenvalue weighted by molar-refractivity contribution is 5.73. The molecule has 1 heterocycles. The van der Waals surface area contributed by atoms with Crippen molar-refractivity contribution in [2.75, 3.05) is 6.54 Å². The molecule has 16 heavy (non-hydrogen) atoms. The van der Waals surface area contributed by atoms with Gasteiger partial charge in [0.1, 0.15) is 11.8 Å². The molecule has 0 amide bonds. The molecule has 0 aromatic heterocycles. The lowest BCUT2D eigenvalue weighted by atomic mass is 10.1. The molecule has 0 unspecified atom stereocenters. The van der Waals surface area contributed by atoms with Crippen LogP contribution in [0.3, 0.4) is 0 Å². The first-order valence-electron chi connectivity index (χ1n) is 5.50. The van der Waals surface area contributed by atoms with E-state index in [4.69, 9.17) is 9.94 Å². The lowest BCUT2D eigenvalue weighted by Gasteiger charge is -2.31. The Morgan fingerprint density at radius 3 is 2.75 bits per heavy atom. The van der Waals surface area contributed by atoms with Crippen molar-refractivity contribution < 1.29 is 14.7 Å². The lowest BCUT2D eigenvalue weighted by Crippen LogP contribution is -2.46. The second-order valence-corrected chi connectivity index (χ2v) is 3.89. The summed E-state index contributed by atoms with van der Waals surface area (Å²) in [5, 5.41) is 10.6. The van der Waals surface area contributed by atoms with Crippen LogP contribution in [-0.4, -0.2) is 28.7 Å². The maximum atomic E-state index is 11.0. The van der Waals surface area contributed by atoms with Gasteiger partial charge in [-0.15, -0.1) is 5.06 Å². The van der Waals surface area contributed by atoms with Crippen molar-refractivity contribution in [1.82, 2.24) is 5.06 Å². The largest absolute Gasteiger partial charge is 0.480 e. The van der Waals surface area contributed by atoms with Gasteiger partial charge in [0.2, 0.25) is 0 Å². The van der Waals surface area contributed by atoms with Crippen LogP contribution in [0, 0.1) is 0 Å². The van der Waals surface area contributed by atoms with Crippen LogP contribution < -0.4 is 4.84 Å². The molecule has 0 aliphatic carbocycles. The number of hydroxylamine groups is 2. The quantitative estimate of drug-likeness (QED) is 0.847. The van der Waals surface area contributed by atoms with Crippen LogP contribution in [-0.2, 0) is 4.79 Å². The molecule has 1 atom stereocenters. The molecule has 1 aromatic carbocycles. The summed E-state index contributed by atoms with van der Waals surface area (Å²) in [5.74, 6) is -0.119. The maximum absolute atomic E-state index is 11.0. The van der Waals surface area contributed by atoms with Crippen molar-refractivity contribution in [1.29, 1.82) is 0 Å². The number of piperidine rings is 1. The van der Waals surface area contributed by atoms with E-state index in [9.17, 15) is 4.79 Å². The first-order valence-corrected chi connectivity index (χ1v) is 5.50. The zero-order valence-corrected chi connectivity index (χ0v) is 9.00. The molecule has 0 saturated carbocycles. The third kappa shape index (κ3) is 2.52. The molecule has 0 bridgehead atoms. The van der Waals surface area contributed by atoms with Crippen LogP contribution in [0.5, 0.6) is 5.75 Å². The molecule has 1 fully saturated rings. The Kier molecular flexibility index (Phi) is 3.41. The predicted octanol–water partition coefficient (Wildman–Crippen LogP) is 1.92. The second kappa shape index (κ2) is 4.99. The van der Waals surface area contributed by atoms with E-state index in [0.717, 1.165) is 12.8 Å². The number of nitrogens with zero attached hydrogens (tertiary/aromatic N) is 1. The van der Waals surface area contributed by atoms with Gasteiger partial charge in [0, 0.05) is 6.54 Å². The minimum Gasteiger partial charge on any atom is -0.480 e. The number of benzene rings is 1. The van der Waals surface area contributed by atoms with E-state index in [1.54, 1.807) is 5.06 Å². The van der Waals surface area contributed by atoms with Crippen molar-refractivity contribution >= 4 is 5.97 Å². The summed E-state index contributed by atoms with van der Waals surface area (Å²) in [6.45, 7) is 0.672. The van der Waals surface area contributed by atoms with E-state index < -0.39 is 12.0 Å². The third-order valence-corrected chi connectivity index (χ3v) is 2.70. The Balaban J connectivity index is 2.04. The lowest BCUT2D eigenvalue weighted by molar-refractivity contribution is -0.166. The maximum Gasteiger partial charge on any atom is 0.324 e. The molecule has 1 aliphatic heterocycles. The van der Waals surface area contributed by atoms with Crippen LogP contribution in [0.1, 0.15) is 19.3 Å². The van der Waals surface area contributed by atoms with Crippen LogP contribution in [0.2, 0.25) is 0 Å². The van der Waals surface area contributed by atoms with Gasteiger partial charge < -0.3 is 9.94 Å².